The Morgan fingerprint density at radius 1 is 1.41 bits per heavy atom. The quantitative estimate of drug-likeness (QED) is 0.831. The number of phenols is 1. The third-order valence-electron chi connectivity index (χ3n) is 3.39. The van der Waals surface area contributed by atoms with E-state index in [2.05, 4.69) is 4.90 Å². The van der Waals surface area contributed by atoms with Crippen LogP contribution in [0.5, 0.6) is 11.5 Å². The molecule has 1 aliphatic rings. The van der Waals surface area contributed by atoms with Crippen molar-refractivity contribution in [1.29, 1.82) is 0 Å². The highest BCUT2D eigenvalue weighted by Gasteiger charge is 2.22. The Morgan fingerprint density at radius 2 is 2.12 bits per heavy atom. The van der Waals surface area contributed by atoms with E-state index in [0.717, 1.165) is 18.7 Å². The van der Waals surface area contributed by atoms with Gasteiger partial charge in [-0.05, 0) is 43.6 Å². The lowest BCUT2D eigenvalue weighted by atomic mass is 10.0. The first-order chi connectivity index (χ1) is 8.26. The third-order valence-corrected chi connectivity index (χ3v) is 3.39. The van der Waals surface area contributed by atoms with Crippen molar-refractivity contribution in [2.75, 3.05) is 26.7 Å². The first kappa shape index (κ1) is 12.2. The average molecular weight is 236 g/mol. The zero-order chi connectivity index (χ0) is 12.3. The molecule has 4 nitrogen and oxygen atoms in total. The number of hydrogen-bond donors (Lipinski definition) is 2. The van der Waals surface area contributed by atoms with E-state index in [1.807, 2.05) is 12.1 Å². The van der Waals surface area contributed by atoms with E-state index in [1.54, 1.807) is 13.2 Å². The number of benzene rings is 1. The molecular formula is C13H20N2O2. The highest BCUT2D eigenvalue weighted by molar-refractivity contribution is 5.42. The molecule has 1 aromatic carbocycles. The molecule has 1 saturated heterocycles. The zero-order valence-electron chi connectivity index (χ0n) is 10.2. The molecule has 0 bridgehead atoms. The number of rotatable bonds is 4. The minimum absolute atomic E-state index is 0.174. The van der Waals surface area contributed by atoms with Crippen molar-refractivity contribution in [2.24, 2.45) is 5.73 Å². The molecule has 0 saturated carbocycles. The second-order valence-corrected chi connectivity index (χ2v) is 4.43. The molecule has 1 unspecified atom stereocenters. The smallest absolute Gasteiger partial charge is 0.160 e. The summed E-state index contributed by atoms with van der Waals surface area (Å²) in [6, 6.07) is 5.71. The second-order valence-electron chi connectivity index (χ2n) is 4.43. The lowest BCUT2D eigenvalue weighted by molar-refractivity contribution is 0.250. The van der Waals surface area contributed by atoms with Gasteiger partial charge in [-0.2, -0.15) is 0 Å². The van der Waals surface area contributed by atoms with Crippen LogP contribution in [0.2, 0.25) is 0 Å². The molecular weight excluding hydrogens is 216 g/mol. The van der Waals surface area contributed by atoms with Crippen molar-refractivity contribution in [3.63, 3.8) is 0 Å². The van der Waals surface area contributed by atoms with Crippen LogP contribution in [0.4, 0.5) is 0 Å². The average Bonchev–Trinajstić information content (AvgIpc) is 2.86. The van der Waals surface area contributed by atoms with Crippen molar-refractivity contribution in [3.8, 4) is 11.5 Å². The minimum Gasteiger partial charge on any atom is -0.504 e. The fraction of sp³-hybridized carbons (Fsp3) is 0.538. The molecule has 4 heteroatoms. The molecule has 1 heterocycles. The van der Waals surface area contributed by atoms with Gasteiger partial charge in [0.05, 0.1) is 7.11 Å². The van der Waals surface area contributed by atoms with Gasteiger partial charge < -0.3 is 15.6 Å². The number of hydrogen-bond acceptors (Lipinski definition) is 4. The summed E-state index contributed by atoms with van der Waals surface area (Å²) in [6.07, 6.45) is 2.48. The largest absolute Gasteiger partial charge is 0.504 e. The van der Waals surface area contributed by atoms with E-state index >= 15 is 0 Å². The van der Waals surface area contributed by atoms with Gasteiger partial charge in [0.25, 0.3) is 0 Å². The monoisotopic (exact) mass is 236 g/mol. The number of likely N-dealkylation sites (tertiary alicyclic amines) is 1. The molecule has 94 valence electrons. The Labute approximate surface area is 102 Å². The van der Waals surface area contributed by atoms with E-state index in [0.29, 0.717) is 12.3 Å². The number of ether oxygens (including phenoxy) is 1. The molecule has 1 atom stereocenters. The summed E-state index contributed by atoms with van der Waals surface area (Å²) < 4.78 is 5.13. The molecule has 1 fully saturated rings. The molecule has 1 aromatic rings. The SMILES string of the molecule is COc1cc(C(CN)N2CCCC2)ccc1O. The van der Waals surface area contributed by atoms with E-state index < -0.39 is 0 Å². The standard InChI is InChI=1S/C13H20N2O2/c1-17-13-8-10(4-5-12(13)16)11(9-14)15-6-2-3-7-15/h4-5,8,11,16H,2-3,6-7,9,14H2,1H3. The fourth-order valence-electron chi connectivity index (χ4n) is 2.45. The fourth-order valence-corrected chi connectivity index (χ4v) is 2.45. The van der Waals surface area contributed by atoms with Crippen LogP contribution < -0.4 is 10.5 Å². The predicted molar refractivity (Wildman–Crippen MR) is 67.3 cm³/mol. The van der Waals surface area contributed by atoms with Crippen LogP contribution in [0.1, 0.15) is 24.4 Å². The van der Waals surface area contributed by atoms with Crippen LogP contribution in [-0.4, -0.2) is 36.8 Å². The van der Waals surface area contributed by atoms with Crippen molar-refractivity contribution in [1.82, 2.24) is 4.90 Å². The Kier molecular flexibility index (Phi) is 3.86. The van der Waals surface area contributed by atoms with Gasteiger partial charge in [-0.25, -0.2) is 0 Å². The molecule has 2 rings (SSSR count). The van der Waals surface area contributed by atoms with E-state index in [9.17, 15) is 5.11 Å². The van der Waals surface area contributed by atoms with Crippen molar-refractivity contribution >= 4 is 0 Å². The Hall–Kier alpha value is -1.26. The number of nitrogens with two attached hydrogens (primary N) is 1. The summed E-state index contributed by atoms with van der Waals surface area (Å²) in [6.45, 7) is 2.80. The Morgan fingerprint density at radius 3 is 2.71 bits per heavy atom. The lowest BCUT2D eigenvalue weighted by Crippen LogP contribution is -2.31. The molecule has 0 radical (unpaired) electrons. The maximum atomic E-state index is 9.58. The molecule has 0 aromatic heterocycles. The normalized spacial score (nSPS) is 18.2. The van der Waals surface area contributed by atoms with Gasteiger partial charge in [-0.15, -0.1) is 0 Å². The first-order valence-electron chi connectivity index (χ1n) is 6.07. The van der Waals surface area contributed by atoms with Crippen LogP contribution >= 0.6 is 0 Å². The Bertz CT molecular complexity index is 376. The molecule has 0 aliphatic carbocycles. The van der Waals surface area contributed by atoms with Crippen molar-refractivity contribution < 1.29 is 9.84 Å². The molecule has 17 heavy (non-hydrogen) atoms. The first-order valence-corrected chi connectivity index (χ1v) is 6.07. The van der Waals surface area contributed by atoms with Crippen LogP contribution in [-0.2, 0) is 0 Å². The maximum Gasteiger partial charge on any atom is 0.160 e. The Balaban J connectivity index is 2.23. The van der Waals surface area contributed by atoms with Crippen LogP contribution in [0, 0.1) is 0 Å². The highest BCUT2D eigenvalue weighted by atomic mass is 16.5. The van der Waals surface area contributed by atoms with Crippen molar-refractivity contribution in [3.05, 3.63) is 23.8 Å². The van der Waals surface area contributed by atoms with E-state index in [4.69, 9.17) is 10.5 Å². The topological polar surface area (TPSA) is 58.7 Å². The van der Waals surface area contributed by atoms with Crippen LogP contribution in [0.3, 0.4) is 0 Å². The van der Waals surface area contributed by atoms with Crippen LogP contribution in [0.15, 0.2) is 18.2 Å². The van der Waals surface area contributed by atoms with Gasteiger partial charge in [0, 0.05) is 12.6 Å². The summed E-state index contributed by atoms with van der Waals surface area (Å²) in [5, 5.41) is 9.58. The van der Waals surface area contributed by atoms with Gasteiger partial charge in [0.2, 0.25) is 0 Å². The maximum absolute atomic E-state index is 9.58. The second kappa shape index (κ2) is 5.38. The van der Waals surface area contributed by atoms with Gasteiger partial charge in [-0.1, -0.05) is 6.07 Å². The third kappa shape index (κ3) is 2.53. The van der Waals surface area contributed by atoms with Gasteiger partial charge in [-0.3, -0.25) is 4.90 Å². The molecule has 0 spiro atoms. The number of methoxy groups -OCH3 is 1. The summed E-state index contributed by atoms with van der Waals surface area (Å²) in [5.74, 6) is 0.689. The molecule has 0 amide bonds. The summed E-state index contributed by atoms with van der Waals surface area (Å²) in [5.41, 5.74) is 6.98. The van der Waals surface area contributed by atoms with E-state index in [1.165, 1.54) is 12.8 Å². The van der Waals surface area contributed by atoms with Gasteiger partial charge in [0.1, 0.15) is 0 Å². The van der Waals surface area contributed by atoms with Crippen molar-refractivity contribution in [2.45, 2.75) is 18.9 Å². The highest BCUT2D eigenvalue weighted by Crippen LogP contribution is 2.31. The summed E-state index contributed by atoms with van der Waals surface area (Å²) in [4.78, 5) is 2.39. The zero-order valence-corrected chi connectivity index (χ0v) is 10.2. The van der Waals surface area contributed by atoms with Gasteiger partial charge >= 0.3 is 0 Å². The van der Waals surface area contributed by atoms with Gasteiger partial charge in [0.15, 0.2) is 11.5 Å². The summed E-state index contributed by atoms with van der Waals surface area (Å²) >= 11 is 0. The summed E-state index contributed by atoms with van der Waals surface area (Å²) in [7, 11) is 1.56. The number of phenolic OH excluding ortho intramolecular Hbond substituents is 1. The van der Waals surface area contributed by atoms with Crippen LogP contribution in [0.25, 0.3) is 0 Å². The lowest BCUT2D eigenvalue weighted by Gasteiger charge is -2.26. The number of nitrogens with zero attached hydrogens (tertiary/aromatic N) is 1. The predicted octanol–water partition coefficient (Wildman–Crippen LogP) is 1.50. The van der Waals surface area contributed by atoms with E-state index in [-0.39, 0.29) is 11.8 Å². The molecule has 3 N–H and O–H groups in total. The minimum atomic E-state index is 0.174. The number of aromatic hydroxyl groups is 1. The molecule has 1 aliphatic heterocycles.